The van der Waals surface area contributed by atoms with Gasteiger partial charge in [-0.1, -0.05) is 42.5 Å². The van der Waals surface area contributed by atoms with Gasteiger partial charge in [-0.2, -0.15) is 13.2 Å². The van der Waals surface area contributed by atoms with Gasteiger partial charge in [-0.05, 0) is 67.3 Å². The molecule has 10 heteroatoms. The second-order valence-electron chi connectivity index (χ2n) is 10.1. The molecule has 0 spiro atoms. The van der Waals surface area contributed by atoms with Crippen LogP contribution in [0, 0.1) is 13.8 Å². The lowest BCUT2D eigenvalue weighted by Crippen LogP contribution is -2.28. The van der Waals surface area contributed by atoms with Crippen molar-refractivity contribution in [2.24, 2.45) is 0 Å². The minimum atomic E-state index is -4.63. The van der Waals surface area contributed by atoms with Crippen LogP contribution < -0.4 is 5.32 Å². The van der Waals surface area contributed by atoms with Crippen molar-refractivity contribution in [2.45, 2.75) is 39.5 Å². The number of benzene rings is 3. The first-order valence-corrected chi connectivity index (χ1v) is 13.1. The van der Waals surface area contributed by atoms with Crippen LogP contribution in [0.15, 0.2) is 79.1 Å². The summed E-state index contributed by atoms with van der Waals surface area (Å²) in [6.45, 7) is 6.09. The maximum absolute atomic E-state index is 13.0. The van der Waals surface area contributed by atoms with E-state index < -0.39 is 29.8 Å². The van der Waals surface area contributed by atoms with Crippen LogP contribution in [0.25, 0.3) is 22.0 Å². The number of aromatic carboxylic acids is 1. The zero-order valence-electron chi connectivity index (χ0n) is 23.0. The molecule has 0 unspecified atom stereocenters. The predicted octanol–water partition coefficient (Wildman–Crippen LogP) is 6.97. The fourth-order valence-corrected chi connectivity index (χ4v) is 4.97. The van der Waals surface area contributed by atoms with Crippen molar-refractivity contribution in [2.75, 3.05) is 0 Å². The smallest absolute Gasteiger partial charge is 0.434 e. The van der Waals surface area contributed by atoms with Gasteiger partial charge in [0.05, 0.1) is 29.7 Å². The number of fused-ring (bicyclic) bond motifs is 1. The van der Waals surface area contributed by atoms with Crippen LogP contribution in [0.5, 0.6) is 0 Å². The van der Waals surface area contributed by atoms with E-state index in [1.165, 1.54) is 6.20 Å². The number of rotatable bonds is 7. The molecule has 1 amide bonds. The van der Waals surface area contributed by atoms with Crippen molar-refractivity contribution < 1.29 is 27.9 Å². The summed E-state index contributed by atoms with van der Waals surface area (Å²) in [4.78, 5) is 31.9. The van der Waals surface area contributed by atoms with E-state index in [4.69, 9.17) is 0 Å². The molecule has 0 bridgehead atoms. The summed E-state index contributed by atoms with van der Waals surface area (Å²) >= 11 is 0. The maximum atomic E-state index is 13.0. The van der Waals surface area contributed by atoms with E-state index in [1.807, 2.05) is 50.2 Å². The normalized spacial score (nSPS) is 12.3. The zero-order chi connectivity index (χ0) is 30.2. The van der Waals surface area contributed by atoms with Gasteiger partial charge in [-0.25, -0.2) is 9.78 Å². The summed E-state index contributed by atoms with van der Waals surface area (Å²) < 4.78 is 41.3. The molecule has 0 aliphatic carbocycles. The van der Waals surface area contributed by atoms with Crippen LogP contribution in [-0.2, 0) is 12.7 Å². The Hall–Kier alpha value is -4.99. The summed E-state index contributed by atoms with van der Waals surface area (Å²) in [5.74, 6) is -1.42. The molecular formula is C32H27F3N4O3. The van der Waals surface area contributed by atoms with Crippen molar-refractivity contribution in [1.29, 1.82) is 0 Å². The van der Waals surface area contributed by atoms with E-state index in [1.54, 1.807) is 37.3 Å². The average molecular weight is 573 g/mol. The van der Waals surface area contributed by atoms with E-state index in [9.17, 15) is 27.9 Å². The molecule has 2 aromatic heterocycles. The van der Waals surface area contributed by atoms with Gasteiger partial charge in [-0.3, -0.25) is 9.78 Å². The Bertz CT molecular complexity index is 1810. The van der Waals surface area contributed by atoms with Gasteiger partial charge in [0.1, 0.15) is 0 Å². The number of nitrogens with zero attached hydrogens (tertiary/aromatic N) is 3. The van der Waals surface area contributed by atoms with Crippen LogP contribution in [-0.4, -0.2) is 31.5 Å². The Morgan fingerprint density at radius 1 is 1.00 bits per heavy atom. The van der Waals surface area contributed by atoms with Gasteiger partial charge >= 0.3 is 12.1 Å². The lowest BCUT2D eigenvalue weighted by molar-refractivity contribution is -0.141. The van der Waals surface area contributed by atoms with Crippen molar-refractivity contribution in [3.05, 3.63) is 118 Å². The average Bonchev–Trinajstić information content (AvgIpc) is 3.21. The molecule has 0 fully saturated rings. The third-order valence-electron chi connectivity index (χ3n) is 7.40. The van der Waals surface area contributed by atoms with Crippen LogP contribution in [0.3, 0.4) is 0 Å². The number of amides is 1. The highest BCUT2D eigenvalue weighted by Gasteiger charge is 2.33. The Labute approximate surface area is 239 Å². The molecule has 214 valence electrons. The minimum absolute atomic E-state index is 0.00916. The summed E-state index contributed by atoms with van der Waals surface area (Å²) in [6.07, 6.45) is -2.78. The zero-order valence-corrected chi connectivity index (χ0v) is 23.0. The summed E-state index contributed by atoms with van der Waals surface area (Å²) in [7, 11) is 0. The quantitative estimate of drug-likeness (QED) is 0.220. The molecule has 2 N–H and O–H groups in total. The van der Waals surface area contributed by atoms with Gasteiger partial charge in [0, 0.05) is 28.7 Å². The predicted molar refractivity (Wildman–Crippen MR) is 152 cm³/mol. The van der Waals surface area contributed by atoms with Crippen molar-refractivity contribution >= 4 is 22.8 Å². The topological polar surface area (TPSA) is 97.1 Å². The first-order valence-electron chi connectivity index (χ1n) is 13.1. The standard InChI is InChI=1S/C32H27F3N4O3/c1-18-20(3)39(17-21-8-10-22(11-9-21)24-6-4-5-7-25(24)31(41)42)28-13-12-23(14-26(18)28)30(40)37-19(2)27-15-36-16-29(38-27)32(33,34)35/h4-16,19H,17H2,1-3H3,(H,37,40)(H,41,42)/t19-/m0/s1. The molecule has 0 saturated heterocycles. The van der Waals surface area contributed by atoms with Crippen LogP contribution in [0.4, 0.5) is 13.2 Å². The SMILES string of the molecule is Cc1c(C)n(Cc2ccc(-c3ccccc3C(=O)O)cc2)c2ccc(C(=O)N[C@@H](C)c3cncc(C(F)(F)F)n3)cc12. The molecule has 5 rings (SSSR count). The molecule has 0 saturated carbocycles. The molecule has 7 nitrogen and oxygen atoms in total. The Balaban J connectivity index is 1.37. The second-order valence-corrected chi connectivity index (χ2v) is 10.1. The maximum Gasteiger partial charge on any atom is 0.434 e. The first kappa shape index (κ1) is 28.5. The lowest BCUT2D eigenvalue weighted by Gasteiger charge is -2.15. The van der Waals surface area contributed by atoms with Gasteiger partial charge in [0.15, 0.2) is 5.69 Å². The van der Waals surface area contributed by atoms with E-state index in [-0.39, 0.29) is 11.3 Å². The van der Waals surface area contributed by atoms with E-state index in [2.05, 4.69) is 19.9 Å². The van der Waals surface area contributed by atoms with Crippen molar-refractivity contribution in [1.82, 2.24) is 19.9 Å². The fourth-order valence-electron chi connectivity index (χ4n) is 4.97. The molecule has 42 heavy (non-hydrogen) atoms. The number of aromatic nitrogens is 3. The highest BCUT2D eigenvalue weighted by atomic mass is 19.4. The lowest BCUT2D eigenvalue weighted by atomic mass is 9.99. The van der Waals surface area contributed by atoms with E-state index in [0.29, 0.717) is 23.9 Å². The molecular weight excluding hydrogens is 545 g/mol. The third kappa shape index (κ3) is 5.60. The number of nitrogens with one attached hydrogen (secondary N) is 1. The van der Waals surface area contributed by atoms with Crippen molar-refractivity contribution in [3.8, 4) is 11.1 Å². The molecule has 2 heterocycles. The van der Waals surface area contributed by atoms with Gasteiger partial charge in [0.25, 0.3) is 5.91 Å². The van der Waals surface area contributed by atoms with Gasteiger partial charge in [-0.15, -0.1) is 0 Å². The minimum Gasteiger partial charge on any atom is -0.478 e. The summed E-state index contributed by atoms with van der Waals surface area (Å²) in [5.41, 5.74) is 4.94. The highest BCUT2D eigenvalue weighted by Crippen LogP contribution is 2.30. The van der Waals surface area contributed by atoms with Gasteiger partial charge < -0.3 is 15.0 Å². The van der Waals surface area contributed by atoms with E-state index in [0.717, 1.165) is 33.3 Å². The number of carbonyl (C=O) groups is 2. The number of carboxylic acids is 1. The van der Waals surface area contributed by atoms with Crippen LogP contribution in [0.1, 0.15) is 61.9 Å². The molecule has 3 aromatic carbocycles. The third-order valence-corrected chi connectivity index (χ3v) is 7.40. The number of halogens is 3. The van der Waals surface area contributed by atoms with E-state index >= 15 is 0 Å². The van der Waals surface area contributed by atoms with Gasteiger partial charge in [0.2, 0.25) is 0 Å². The number of hydrogen-bond donors (Lipinski definition) is 2. The Morgan fingerprint density at radius 2 is 1.71 bits per heavy atom. The summed E-state index contributed by atoms with van der Waals surface area (Å²) in [5, 5.41) is 13.1. The number of hydrogen-bond acceptors (Lipinski definition) is 4. The van der Waals surface area contributed by atoms with Crippen LogP contribution in [0.2, 0.25) is 0 Å². The Kier molecular flexibility index (Phi) is 7.55. The van der Waals surface area contributed by atoms with Crippen molar-refractivity contribution in [3.63, 3.8) is 0 Å². The Morgan fingerprint density at radius 3 is 2.40 bits per heavy atom. The molecule has 0 aliphatic heterocycles. The summed E-state index contributed by atoms with van der Waals surface area (Å²) in [6, 6.07) is 19.1. The molecule has 0 radical (unpaired) electrons. The highest BCUT2D eigenvalue weighted by molar-refractivity contribution is 5.99. The number of aryl methyl sites for hydroxylation is 1. The molecule has 5 aromatic rings. The first-order chi connectivity index (χ1) is 19.9. The van der Waals surface area contributed by atoms with Crippen LogP contribution >= 0.6 is 0 Å². The number of alkyl halides is 3. The molecule has 0 aliphatic rings. The largest absolute Gasteiger partial charge is 0.478 e. The second kappa shape index (κ2) is 11.1. The number of carboxylic acid groups (broad SMARTS) is 1. The number of carbonyl (C=O) groups excluding carboxylic acids is 1. The fraction of sp³-hybridized carbons (Fsp3) is 0.188. The molecule has 1 atom stereocenters. The monoisotopic (exact) mass is 572 g/mol.